The number of aromatic nitrogens is 2. The second-order valence-electron chi connectivity index (χ2n) is 6.96. The Hall–Kier alpha value is -1.82. The van der Waals surface area contributed by atoms with Crippen molar-refractivity contribution in [2.45, 2.75) is 31.7 Å². The maximum Gasteiger partial charge on any atom is 0.401 e. The third kappa shape index (κ3) is 7.84. The molecule has 1 aliphatic rings. The van der Waals surface area contributed by atoms with Gasteiger partial charge in [0.25, 0.3) is 0 Å². The summed E-state index contributed by atoms with van der Waals surface area (Å²) in [5, 5.41) is 6.44. The van der Waals surface area contributed by atoms with E-state index in [0.717, 1.165) is 12.1 Å². The first-order valence-corrected chi connectivity index (χ1v) is 9.21. The molecule has 1 aromatic heterocycles. The fraction of sp³-hybridized carbons (Fsp3) is 0.474. The highest BCUT2D eigenvalue weighted by Gasteiger charge is 2.34. The molecule has 1 saturated heterocycles. The Morgan fingerprint density at radius 3 is 2.59 bits per heavy atom. The standard InChI is InChI=1S/C19H25F3N6.HI/c1-23-18(26-17-6-8-27(12-17)13-19(20,21)22)25-10-15-2-4-16(5-3-15)11-28-9-7-24-14-28;/h2-5,7,9,14,17H,6,8,10-13H2,1H3,(H2,23,25,26);1H. The highest BCUT2D eigenvalue weighted by Crippen LogP contribution is 2.19. The van der Waals surface area contributed by atoms with E-state index in [1.165, 1.54) is 10.5 Å². The Bertz CT molecular complexity index is 761. The minimum atomic E-state index is -4.15. The van der Waals surface area contributed by atoms with Crippen LogP contribution in [0, 0.1) is 0 Å². The number of benzene rings is 1. The van der Waals surface area contributed by atoms with Gasteiger partial charge in [0.15, 0.2) is 5.96 Å². The molecule has 1 fully saturated rings. The zero-order valence-electron chi connectivity index (χ0n) is 16.2. The van der Waals surface area contributed by atoms with Crippen LogP contribution in [0.3, 0.4) is 0 Å². The Morgan fingerprint density at radius 2 is 1.97 bits per heavy atom. The van der Waals surface area contributed by atoms with Crippen LogP contribution in [0.5, 0.6) is 0 Å². The number of nitrogens with one attached hydrogen (secondary N) is 2. The van der Waals surface area contributed by atoms with Gasteiger partial charge in [-0.25, -0.2) is 4.98 Å². The van der Waals surface area contributed by atoms with Crippen LogP contribution in [0.1, 0.15) is 17.5 Å². The number of alkyl halides is 3. The molecule has 0 spiro atoms. The van der Waals surface area contributed by atoms with Gasteiger partial charge < -0.3 is 15.2 Å². The highest BCUT2D eigenvalue weighted by molar-refractivity contribution is 14.0. The molecule has 160 valence electrons. The van der Waals surface area contributed by atoms with E-state index in [9.17, 15) is 13.2 Å². The molecule has 0 aliphatic carbocycles. The SMILES string of the molecule is CN=C(NCc1ccc(Cn2ccnc2)cc1)NC1CCN(CC(F)(F)F)C1.I. The van der Waals surface area contributed by atoms with Gasteiger partial charge in [0.2, 0.25) is 0 Å². The molecule has 2 heterocycles. The Morgan fingerprint density at radius 1 is 1.24 bits per heavy atom. The maximum absolute atomic E-state index is 12.5. The minimum Gasteiger partial charge on any atom is -0.352 e. The van der Waals surface area contributed by atoms with Crippen molar-refractivity contribution in [3.63, 3.8) is 0 Å². The number of imidazole rings is 1. The van der Waals surface area contributed by atoms with Crippen molar-refractivity contribution in [2.24, 2.45) is 4.99 Å². The topological polar surface area (TPSA) is 57.5 Å². The average molecular weight is 522 g/mol. The molecule has 2 aromatic rings. The third-order valence-electron chi connectivity index (χ3n) is 4.65. The summed E-state index contributed by atoms with van der Waals surface area (Å²) in [4.78, 5) is 9.63. The largest absolute Gasteiger partial charge is 0.401 e. The molecule has 1 atom stereocenters. The second kappa shape index (κ2) is 10.8. The summed E-state index contributed by atoms with van der Waals surface area (Å²) in [6.45, 7) is 1.30. The van der Waals surface area contributed by atoms with E-state index in [-0.39, 0.29) is 30.0 Å². The van der Waals surface area contributed by atoms with Gasteiger partial charge in [0.05, 0.1) is 12.9 Å². The Kier molecular flexibility index (Phi) is 8.75. The molecular weight excluding hydrogens is 496 g/mol. The number of rotatable bonds is 6. The van der Waals surface area contributed by atoms with Crippen molar-refractivity contribution < 1.29 is 13.2 Å². The predicted molar refractivity (Wildman–Crippen MR) is 117 cm³/mol. The zero-order chi connectivity index (χ0) is 20.0. The number of hydrogen-bond donors (Lipinski definition) is 2. The summed E-state index contributed by atoms with van der Waals surface area (Å²) in [6, 6.07) is 8.20. The highest BCUT2D eigenvalue weighted by atomic mass is 127. The first kappa shape index (κ1) is 23.5. The number of guanidine groups is 1. The van der Waals surface area contributed by atoms with Gasteiger partial charge in [-0.05, 0) is 17.5 Å². The second-order valence-corrected chi connectivity index (χ2v) is 6.96. The summed E-state index contributed by atoms with van der Waals surface area (Å²) in [5.74, 6) is 0.598. The molecule has 0 radical (unpaired) electrons. The molecule has 3 rings (SSSR count). The van der Waals surface area contributed by atoms with Crippen molar-refractivity contribution in [1.29, 1.82) is 0 Å². The van der Waals surface area contributed by atoms with Crippen molar-refractivity contribution in [3.8, 4) is 0 Å². The van der Waals surface area contributed by atoms with E-state index in [4.69, 9.17) is 0 Å². The van der Waals surface area contributed by atoms with E-state index < -0.39 is 12.7 Å². The maximum atomic E-state index is 12.5. The average Bonchev–Trinajstić information content (AvgIpc) is 3.30. The molecule has 1 aromatic carbocycles. The summed E-state index contributed by atoms with van der Waals surface area (Å²) in [7, 11) is 1.66. The van der Waals surface area contributed by atoms with Gasteiger partial charge in [-0.2, -0.15) is 13.2 Å². The van der Waals surface area contributed by atoms with Crippen LogP contribution in [0.4, 0.5) is 13.2 Å². The molecule has 1 aliphatic heterocycles. The lowest BCUT2D eigenvalue weighted by atomic mass is 10.1. The number of likely N-dealkylation sites (tertiary alicyclic amines) is 1. The Balaban J connectivity index is 0.00000300. The summed E-state index contributed by atoms with van der Waals surface area (Å²) < 4.78 is 39.5. The van der Waals surface area contributed by atoms with E-state index in [0.29, 0.717) is 32.0 Å². The van der Waals surface area contributed by atoms with Crippen molar-refractivity contribution in [1.82, 2.24) is 25.1 Å². The lowest BCUT2D eigenvalue weighted by Gasteiger charge is -2.20. The van der Waals surface area contributed by atoms with E-state index >= 15 is 0 Å². The molecule has 10 heteroatoms. The fourth-order valence-electron chi connectivity index (χ4n) is 3.27. The van der Waals surface area contributed by atoms with Crippen LogP contribution in [0.2, 0.25) is 0 Å². The van der Waals surface area contributed by atoms with Crippen LogP contribution in [0.15, 0.2) is 48.0 Å². The lowest BCUT2D eigenvalue weighted by molar-refractivity contribution is -0.143. The molecule has 6 nitrogen and oxygen atoms in total. The summed E-state index contributed by atoms with van der Waals surface area (Å²) >= 11 is 0. The fourth-order valence-corrected chi connectivity index (χ4v) is 3.27. The number of halogens is 4. The molecule has 0 bridgehead atoms. The summed E-state index contributed by atoms with van der Waals surface area (Å²) in [5.41, 5.74) is 2.28. The van der Waals surface area contributed by atoms with Gasteiger partial charge in [0, 0.05) is 51.7 Å². The number of nitrogens with zero attached hydrogens (tertiary/aromatic N) is 4. The molecular formula is C19H26F3IN6. The van der Waals surface area contributed by atoms with Gasteiger partial charge in [-0.3, -0.25) is 9.89 Å². The zero-order valence-corrected chi connectivity index (χ0v) is 18.5. The van der Waals surface area contributed by atoms with Gasteiger partial charge in [0.1, 0.15) is 0 Å². The minimum absolute atomic E-state index is 0. The molecule has 0 amide bonds. The molecule has 2 N–H and O–H groups in total. The van der Waals surface area contributed by atoms with E-state index in [1.54, 1.807) is 19.6 Å². The van der Waals surface area contributed by atoms with Crippen LogP contribution < -0.4 is 10.6 Å². The van der Waals surface area contributed by atoms with Crippen LogP contribution in [-0.4, -0.2) is 59.3 Å². The monoisotopic (exact) mass is 522 g/mol. The van der Waals surface area contributed by atoms with E-state index in [2.05, 4.69) is 32.7 Å². The Labute approximate surface area is 185 Å². The normalized spacial score (nSPS) is 17.8. The van der Waals surface area contributed by atoms with Crippen LogP contribution in [0.25, 0.3) is 0 Å². The summed E-state index contributed by atoms with van der Waals surface area (Å²) in [6.07, 6.45) is 1.97. The van der Waals surface area contributed by atoms with Crippen LogP contribution in [-0.2, 0) is 13.1 Å². The third-order valence-corrected chi connectivity index (χ3v) is 4.65. The van der Waals surface area contributed by atoms with Crippen LogP contribution >= 0.6 is 24.0 Å². The quantitative estimate of drug-likeness (QED) is 0.348. The van der Waals surface area contributed by atoms with Crippen molar-refractivity contribution >= 4 is 29.9 Å². The first-order valence-electron chi connectivity index (χ1n) is 9.21. The molecule has 29 heavy (non-hydrogen) atoms. The van der Waals surface area contributed by atoms with Crippen molar-refractivity contribution in [2.75, 3.05) is 26.7 Å². The van der Waals surface area contributed by atoms with Gasteiger partial charge in [-0.15, -0.1) is 24.0 Å². The van der Waals surface area contributed by atoms with E-state index in [1.807, 2.05) is 22.9 Å². The van der Waals surface area contributed by atoms with Crippen molar-refractivity contribution in [3.05, 3.63) is 54.1 Å². The number of aliphatic imine (C=N–C) groups is 1. The lowest BCUT2D eigenvalue weighted by Crippen LogP contribution is -2.44. The predicted octanol–water partition coefficient (Wildman–Crippen LogP) is 2.85. The number of hydrogen-bond acceptors (Lipinski definition) is 3. The van der Waals surface area contributed by atoms with Gasteiger partial charge >= 0.3 is 6.18 Å². The van der Waals surface area contributed by atoms with Gasteiger partial charge in [-0.1, -0.05) is 24.3 Å². The first-order chi connectivity index (χ1) is 13.4. The smallest absolute Gasteiger partial charge is 0.352 e. The molecule has 0 saturated carbocycles. The molecule has 1 unspecified atom stereocenters.